The van der Waals surface area contributed by atoms with E-state index < -0.39 is 0 Å². The Morgan fingerprint density at radius 2 is 1.97 bits per heavy atom. The number of nitrogens with one attached hydrogen (secondary N) is 2. The lowest BCUT2D eigenvalue weighted by molar-refractivity contribution is -0.121. The highest BCUT2D eigenvalue weighted by atomic mass is 16.1. The Morgan fingerprint density at radius 3 is 2.74 bits per heavy atom. The molecule has 2 aromatic heterocycles. The van der Waals surface area contributed by atoms with Gasteiger partial charge in [0.05, 0.1) is 0 Å². The van der Waals surface area contributed by atoms with Crippen molar-refractivity contribution in [3.8, 4) is 0 Å². The molecule has 1 amide bonds. The number of fused-ring (bicyclic) bond motifs is 1. The number of hydrogen-bond donors (Lipinski definition) is 2. The summed E-state index contributed by atoms with van der Waals surface area (Å²) in [6.07, 6.45) is 5.98. The molecule has 0 aliphatic carbocycles. The summed E-state index contributed by atoms with van der Waals surface area (Å²) < 4.78 is 0. The molecule has 0 spiro atoms. The Morgan fingerprint density at radius 1 is 1.10 bits per heavy atom. The number of aromatic amines is 1. The monoisotopic (exact) mass is 411 g/mol. The van der Waals surface area contributed by atoms with Crippen molar-refractivity contribution in [2.45, 2.75) is 39.0 Å². The van der Waals surface area contributed by atoms with Gasteiger partial charge in [0.1, 0.15) is 0 Å². The molecule has 158 valence electrons. The molecule has 2 aromatic carbocycles. The van der Waals surface area contributed by atoms with E-state index in [4.69, 9.17) is 0 Å². The average molecular weight is 412 g/mol. The van der Waals surface area contributed by atoms with Crippen molar-refractivity contribution in [3.05, 3.63) is 101 Å². The van der Waals surface area contributed by atoms with Crippen molar-refractivity contribution in [1.29, 1.82) is 0 Å². The summed E-state index contributed by atoms with van der Waals surface area (Å²) in [5.41, 5.74) is 7.01. The maximum Gasteiger partial charge on any atom is 0.220 e. The minimum absolute atomic E-state index is 0.00407. The van der Waals surface area contributed by atoms with Gasteiger partial charge in [0, 0.05) is 54.3 Å². The number of amides is 1. The number of benzene rings is 2. The summed E-state index contributed by atoms with van der Waals surface area (Å²) in [6.45, 7) is 4.85. The van der Waals surface area contributed by atoms with Crippen LogP contribution in [0.1, 0.15) is 47.2 Å². The zero-order valence-corrected chi connectivity index (χ0v) is 18.2. The second-order valence-electron chi connectivity index (χ2n) is 8.03. The lowest BCUT2D eigenvalue weighted by Gasteiger charge is -2.18. The van der Waals surface area contributed by atoms with Gasteiger partial charge >= 0.3 is 0 Å². The molecule has 0 saturated carbocycles. The van der Waals surface area contributed by atoms with Crippen LogP contribution in [0, 0.1) is 6.92 Å². The molecule has 1 unspecified atom stereocenters. The van der Waals surface area contributed by atoms with Crippen molar-refractivity contribution in [1.82, 2.24) is 15.3 Å². The molecule has 1 atom stereocenters. The molecule has 0 bridgehead atoms. The molecule has 4 heteroatoms. The Hall–Kier alpha value is -3.40. The predicted molar refractivity (Wildman–Crippen MR) is 126 cm³/mol. The van der Waals surface area contributed by atoms with Gasteiger partial charge in [-0.05, 0) is 42.2 Å². The van der Waals surface area contributed by atoms with Crippen molar-refractivity contribution < 1.29 is 4.79 Å². The zero-order valence-electron chi connectivity index (χ0n) is 18.2. The zero-order chi connectivity index (χ0) is 21.6. The van der Waals surface area contributed by atoms with Crippen LogP contribution in [0.4, 0.5) is 0 Å². The van der Waals surface area contributed by atoms with Crippen molar-refractivity contribution in [3.63, 3.8) is 0 Å². The number of carbonyl (C=O) groups is 1. The van der Waals surface area contributed by atoms with Crippen LogP contribution in [0.2, 0.25) is 0 Å². The Bertz CT molecular complexity index is 1160. The second kappa shape index (κ2) is 9.61. The fourth-order valence-corrected chi connectivity index (χ4v) is 4.25. The maximum atomic E-state index is 12.9. The molecule has 0 aliphatic rings. The molecule has 4 aromatic rings. The highest BCUT2D eigenvalue weighted by molar-refractivity contribution is 5.88. The molecule has 4 nitrogen and oxygen atoms in total. The van der Waals surface area contributed by atoms with Gasteiger partial charge in [-0.3, -0.25) is 9.78 Å². The van der Waals surface area contributed by atoms with E-state index in [1.165, 1.54) is 33.2 Å². The molecular formula is C27H29N3O. The van der Waals surface area contributed by atoms with Gasteiger partial charge < -0.3 is 10.3 Å². The number of rotatable bonds is 8. The number of aromatic nitrogens is 2. The Kier molecular flexibility index (Phi) is 6.46. The van der Waals surface area contributed by atoms with Crippen LogP contribution in [0.5, 0.6) is 0 Å². The average Bonchev–Trinajstić information content (AvgIpc) is 3.22. The lowest BCUT2D eigenvalue weighted by Crippen LogP contribution is -2.27. The maximum absolute atomic E-state index is 12.9. The van der Waals surface area contributed by atoms with Crippen LogP contribution < -0.4 is 5.32 Å². The summed E-state index contributed by atoms with van der Waals surface area (Å²) in [5.74, 6) is 0.0547. The first kappa shape index (κ1) is 20.9. The number of para-hydroxylation sites is 1. The van der Waals surface area contributed by atoms with Crippen LogP contribution in [-0.2, 0) is 17.6 Å². The fourth-order valence-electron chi connectivity index (χ4n) is 4.25. The first-order valence-electron chi connectivity index (χ1n) is 11.0. The molecule has 0 fully saturated rings. The minimum Gasteiger partial charge on any atom is -0.361 e. The van der Waals surface area contributed by atoms with E-state index in [2.05, 4.69) is 77.8 Å². The normalized spacial score (nSPS) is 12.1. The van der Waals surface area contributed by atoms with Crippen LogP contribution in [0.15, 0.2) is 73.1 Å². The van der Waals surface area contributed by atoms with Gasteiger partial charge in [-0.15, -0.1) is 0 Å². The van der Waals surface area contributed by atoms with Gasteiger partial charge in [0.2, 0.25) is 5.91 Å². The number of hydrogen-bond acceptors (Lipinski definition) is 2. The standard InChI is InChI=1S/C27H29N3O/c1-3-20-9-7-12-23-25(18-30-27(20)23)24(21-10-6-8-19(2)16-21)17-26(31)29-15-13-22-11-4-5-14-28-22/h4-12,14,16,18,24,30H,3,13,15,17H2,1-2H3,(H,29,31). The van der Waals surface area contributed by atoms with Gasteiger partial charge in [-0.2, -0.15) is 0 Å². The van der Waals surface area contributed by atoms with Crippen LogP contribution in [0.25, 0.3) is 10.9 Å². The summed E-state index contributed by atoms with van der Waals surface area (Å²) >= 11 is 0. The summed E-state index contributed by atoms with van der Waals surface area (Å²) in [4.78, 5) is 20.7. The van der Waals surface area contributed by atoms with Crippen molar-refractivity contribution in [2.75, 3.05) is 6.54 Å². The predicted octanol–water partition coefficient (Wildman–Crippen LogP) is 5.31. The fraction of sp³-hybridized carbons (Fsp3) is 0.259. The first-order valence-corrected chi connectivity index (χ1v) is 11.0. The number of aryl methyl sites for hydroxylation is 2. The molecule has 4 rings (SSSR count). The largest absolute Gasteiger partial charge is 0.361 e. The smallest absolute Gasteiger partial charge is 0.220 e. The number of carbonyl (C=O) groups excluding carboxylic acids is 1. The molecule has 0 radical (unpaired) electrons. The van der Waals surface area contributed by atoms with Crippen LogP contribution >= 0.6 is 0 Å². The first-order chi connectivity index (χ1) is 15.2. The third-order valence-electron chi connectivity index (χ3n) is 5.85. The second-order valence-corrected chi connectivity index (χ2v) is 8.03. The quantitative estimate of drug-likeness (QED) is 0.413. The molecule has 2 N–H and O–H groups in total. The van der Waals surface area contributed by atoms with E-state index in [1.807, 2.05) is 18.2 Å². The third-order valence-corrected chi connectivity index (χ3v) is 5.85. The molecule has 2 heterocycles. The molecule has 31 heavy (non-hydrogen) atoms. The van der Waals surface area contributed by atoms with Crippen molar-refractivity contribution in [2.24, 2.45) is 0 Å². The molecule has 0 aliphatic heterocycles. The summed E-state index contributed by atoms with van der Waals surface area (Å²) in [5, 5.41) is 4.29. The van der Waals surface area contributed by atoms with Gasteiger partial charge in [0.15, 0.2) is 0 Å². The van der Waals surface area contributed by atoms with E-state index >= 15 is 0 Å². The van der Waals surface area contributed by atoms with Crippen LogP contribution in [-0.4, -0.2) is 22.4 Å². The number of pyridine rings is 1. The van der Waals surface area contributed by atoms with Gasteiger partial charge in [-0.1, -0.05) is 61.0 Å². The van der Waals surface area contributed by atoms with Crippen LogP contribution in [0.3, 0.4) is 0 Å². The Labute approximate surface area is 183 Å². The molecular weight excluding hydrogens is 382 g/mol. The van der Waals surface area contributed by atoms with Crippen molar-refractivity contribution >= 4 is 16.8 Å². The minimum atomic E-state index is -0.00407. The van der Waals surface area contributed by atoms with Gasteiger partial charge in [-0.25, -0.2) is 0 Å². The Balaban J connectivity index is 1.58. The third kappa shape index (κ3) is 4.85. The number of H-pyrrole nitrogens is 1. The van der Waals surface area contributed by atoms with E-state index in [1.54, 1.807) is 6.20 Å². The summed E-state index contributed by atoms with van der Waals surface area (Å²) in [6, 6.07) is 20.8. The SMILES string of the molecule is CCc1cccc2c(C(CC(=O)NCCc3ccccn3)c3cccc(C)c3)c[nH]c12. The summed E-state index contributed by atoms with van der Waals surface area (Å²) in [7, 11) is 0. The van der Waals surface area contributed by atoms with Gasteiger partial charge in [0.25, 0.3) is 0 Å². The highest BCUT2D eigenvalue weighted by Gasteiger charge is 2.22. The van der Waals surface area contributed by atoms with E-state index in [-0.39, 0.29) is 11.8 Å². The highest BCUT2D eigenvalue weighted by Crippen LogP contribution is 2.34. The van der Waals surface area contributed by atoms with E-state index in [9.17, 15) is 4.79 Å². The molecule has 0 saturated heterocycles. The topological polar surface area (TPSA) is 57.8 Å². The van der Waals surface area contributed by atoms with E-state index in [0.717, 1.165) is 18.5 Å². The lowest BCUT2D eigenvalue weighted by atomic mass is 9.87. The van der Waals surface area contributed by atoms with E-state index in [0.29, 0.717) is 13.0 Å². The number of nitrogens with zero attached hydrogens (tertiary/aromatic N) is 1.